The lowest BCUT2D eigenvalue weighted by atomic mass is 9.98. The molecule has 0 aromatic carbocycles. The molecular weight excluding hydrogens is 236 g/mol. The summed E-state index contributed by atoms with van der Waals surface area (Å²) in [4.78, 5) is 24.1. The molecule has 0 spiro atoms. The standard InChI is InChI=1S/C12H22N2O4/c1-9(15)13-11(12(16)17)7-14-5-3-4-10(6-14)8-18-2/h10-11H,3-8H2,1-2H3,(H,13,15)(H,16,17). The van der Waals surface area contributed by atoms with Crippen LogP contribution in [0.5, 0.6) is 0 Å². The monoisotopic (exact) mass is 258 g/mol. The van der Waals surface area contributed by atoms with Gasteiger partial charge in [0.1, 0.15) is 6.04 Å². The van der Waals surface area contributed by atoms with Gasteiger partial charge in [-0.2, -0.15) is 0 Å². The molecule has 0 saturated carbocycles. The smallest absolute Gasteiger partial charge is 0.327 e. The highest BCUT2D eigenvalue weighted by molar-refractivity contribution is 5.82. The molecule has 1 aliphatic rings. The van der Waals surface area contributed by atoms with Gasteiger partial charge in [-0.25, -0.2) is 4.79 Å². The Hall–Kier alpha value is -1.14. The van der Waals surface area contributed by atoms with Crippen molar-refractivity contribution in [1.29, 1.82) is 0 Å². The molecule has 2 unspecified atom stereocenters. The Labute approximate surface area is 107 Å². The van der Waals surface area contributed by atoms with Crippen LogP contribution >= 0.6 is 0 Å². The summed E-state index contributed by atoms with van der Waals surface area (Å²) in [6, 6.07) is -0.830. The predicted octanol–water partition coefficient (Wildman–Crippen LogP) is -0.0659. The average Bonchev–Trinajstić information content (AvgIpc) is 2.28. The zero-order valence-electron chi connectivity index (χ0n) is 11.0. The van der Waals surface area contributed by atoms with Crippen molar-refractivity contribution in [1.82, 2.24) is 10.2 Å². The molecule has 0 aromatic rings. The molecular formula is C12H22N2O4. The van der Waals surface area contributed by atoms with Crippen LogP contribution in [0.15, 0.2) is 0 Å². The summed E-state index contributed by atoms with van der Waals surface area (Å²) in [5.41, 5.74) is 0. The Morgan fingerprint density at radius 2 is 2.28 bits per heavy atom. The fourth-order valence-electron chi connectivity index (χ4n) is 2.38. The van der Waals surface area contributed by atoms with Crippen molar-refractivity contribution >= 4 is 11.9 Å². The molecule has 1 fully saturated rings. The maximum atomic E-state index is 11.0. The highest BCUT2D eigenvalue weighted by Crippen LogP contribution is 2.16. The lowest BCUT2D eigenvalue weighted by molar-refractivity contribution is -0.142. The van der Waals surface area contributed by atoms with Crippen LogP contribution in [0, 0.1) is 5.92 Å². The molecule has 18 heavy (non-hydrogen) atoms. The van der Waals surface area contributed by atoms with Gasteiger partial charge in [0, 0.05) is 27.1 Å². The summed E-state index contributed by atoms with van der Waals surface area (Å²) in [7, 11) is 1.68. The van der Waals surface area contributed by atoms with E-state index in [0.29, 0.717) is 19.1 Å². The Morgan fingerprint density at radius 1 is 1.56 bits per heavy atom. The van der Waals surface area contributed by atoms with Crippen LogP contribution in [0.4, 0.5) is 0 Å². The fraction of sp³-hybridized carbons (Fsp3) is 0.833. The third-order valence-electron chi connectivity index (χ3n) is 3.12. The number of nitrogens with zero attached hydrogens (tertiary/aromatic N) is 1. The van der Waals surface area contributed by atoms with Gasteiger partial charge in [0.25, 0.3) is 0 Å². The predicted molar refractivity (Wildman–Crippen MR) is 66.3 cm³/mol. The quantitative estimate of drug-likeness (QED) is 0.697. The fourth-order valence-corrected chi connectivity index (χ4v) is 2.38. The first-order valence-electron chi connectivity index (χ1n) is 6.24. The zero-order valence-corrected chi connectivity index (χ0v) is 11.0. The van der Waals surface area contributed by atoms with Crippen LogP contribution in [0.1, 0.15) is 19.8 Å². The lowest BCUT2D eigenvalue weighted by Crippen LogP contribution is -2.50. The number of carbonyl (C=O) groups is 2. The SMILES string of the molecule is COCC1CCCN(CC(NC(C)=O)C(=O)O)C1. The number of methoxy groups -OCH3 is 1. The molecule has 1 aliphatic heterocycles. The van der Waals surface area contributed by atoms with Crippen LogP contribution in [0.2, 0.25) is 0 Å². The highest BCUT2D eigenvalue weighted by Gasteiger charge is 2.26. The minimum absolute atomic E-state index is 0.312. The van der Waals surface area contributed by atoms with Gasteiger partial charge in [-0.05, 0) is 25.3 Å². The number of carboxylic acid groups (broad SMARTS) is 1. The molecule has 1 rings (SSSR count). The van der Waals surface area contributed by atoms with Gasteiger partial charge in [-0.15, -0.1) is 0 Å². The van der Waals surface area contributed by atoms with Crippen LogP contribution in [0.3, 0.4) is 0 Å². The molecule has 0 aliphatic carbocycles. The van der Waals surface area contributed by atoms with Gasteiger partial charge in [-0.1, -0.05) is 0 Å². The number of carbonyl (C=O) groups excluding carboxylic acids is 1. The Morgan fingerprint density at radius 3 is 2.83 bits per heavy atom. The van der Waals surface area contributed by atoms with Crippen molar-refractivity contribution in [3.05, 3.63) is 0 Å². The summed E-state index contributed by atoms with van der Waals surface area (Å²) in [6.45, 7) is 4.10. The van der Waals surface area contributed by atoms with E-state index in [1.165, 1.54) is 6.92 Å². The first kappa shape index (κ1) is 14.9. The second-order valence-corrected chi connectivity index (χ2v) is 4.81. The molecule has 1 amide bonds. The van der Waals surface area contributed by atoms with Crippen LogP contribution in [0.25, 0.3) is 0 Å². The first-order valence-corrected chi connectivity index (χ1v) is 6.24. The number of aliphatic carboxylic acids is 1. The molecule has 2 N–H and O–H groups in total. The minimum atomic E-state index is -0.987. The minimum Gasteiger partial charge on any atom is -0.480 e. The summed E-state index contributed by atoms with van der Waals surface area (Å²) in [6.07, 6.45) is 2.16. The van der Waals surface area contributed by atoms with Gasteiger partial charge in [-0.3, -0.25) is 4.79 Å². The van der Waals surface area contributed by atoms with Gasteiger partial charge in [0.15, 0.2) is 0 Å². The van der Waals surface area contributed by atoms with Crippen molar-refractivity contribution in [2.75, 3.05) is 33.4 Å². The van der Waals surface area contributed by atoms with Gasteiger partial charge < -0.3 is 20.1 Å². The van der Waals surface area contributed by atoms with E-state index >= 15 is 0 Å². The molecule has 104 valence electrons. The normalized spacial score (nSPS) is 22.4. The summed E-state index contributed by atoms with van der Waals surface area (Å²) in [5.74, 6) is -0.845. The Kier molecular flexibility index (Phi) is 6.07. The van der Waals surface area contributed by atoms with Crippen molar-refractivity contribution in [2.45, 2.75) is 25.8 Å². The number of ether oxygens (including phenoxy) is 1. The topological polar surface area (TPSA) is 78.9 Å². The third-order valence-corrected chi connectivity index (χ3v) is 3.12. The maximum absolute atomic E-state index is 11.0. The largest absolute Gasteiger partial charge is 0.480 e. The van der Waals surface area contributed by atoms with Crippen LogP contribution < -0.4 is 5.32 Å². The van der Waals surface area contributed by atoms with E-state index in [9.17, 15) is 9.59 Å². The van der Waals surface area contributed by atoms with Crippen molar-refractivity contribution in [3.63, 3.8) is 0 Å². The molecule has 1 saturated heterocycles. The molecule has 0 bridgehead atoms. The number of likely N-dealkylation sites (tertiary alicyclic amines) is 1. The highest BCUT2D eigenvalue weighted by atomic mass is 16.5. The van der Waals surface area contributed by atoms with Crippen LogP contribution in [-0.4, -0.2) is 61.3 Å². The first-order chi connectivity index (χ1) is 8.52. The molecule has 0 radical (unpaired) electrons. The average molecular weight is 258 g/mol. The second kappa shape index (κ2) is 7.33. The Balaban J connectivity index is 2.47. The Bertz CT molecular complexity index is 294. The van der Waals surface area contributed by atoms with E-state index < -0.39 is 12.0 Å². The maximum Gasteiger partial charge on any atom is 0.327 e. The number of nitrogens with one attached hydrogen (secondary N) is 1. The zero-order chi connectivity index (χ0) is 13.5. The van der Waals surface area contributed by atoms with Crippen molar-refractivity contribution in [3.8, 4) is 0 Å². The molecule has 6 heteroatoms. The molecule has 2 atom stereocenters. The van der Waals surface area contributed by atoms with E-state index in [1.54, 1.807) is 7.11 Å². The van der Waals surface area contributed by atoms with Gasteiger partial charge in [0.05, 0.1) is 6.61 Å². The molecule has 6 nitrogen and oxygen atoms in total. The lowest BCUT2D eigenvalue weighted by Gasteiger charge is -2.33. The number of carboxylic acids is 1. The van der Waals surface area contributed by atoms with E-state index in [2.05, 4.69) is 10.2 Å². The van der Waals surface area contributed by atoms with E-state index in [4.69, 9.17) is 9.84 Å². The summed E-state index contributed by atoms with van der Waals surface area (Å²) in [5, 5.41) is 11.5. The third kappa shape index (κ3) is 5.01. The number of hydrogen-bond donors (Lipinski definition) is 2. The summed E-state index contributed by atoms with van der Waals surface area (Å²) >= 11 is 0. The van der Waals surface area contributed by atoms with E-state index in [-0.39, 0.29) is 5.91 Å². The number of amides is 1. The van der Waals surface area contributed by atoms with E-state index in [0.717, 1.165) is 25.9 Å². The number of piperidine rings is 1. The van der Waals surface area contributed by atoms with Gasteiger partial charge >= 0.3 is 5.97 Å². The van der Waals surface area contributed by atoms with Crippen molar-refractivity contribution < 1.29 is 19.4 Å². The summed E-state index contributed by atoms with van der Waals surface area (Å²) < 4.78 is 5.13. The number of hydrogen-bond acceptors (Lipinski definition) is 4. The molecule has 0 aromatic heterocycles. The van der Waals surface area contributed by atoms with Gasteiger partial charge in [0.2, 0.25) is 5.91 Å². The van der Waals surface area contributed by atoms with E-state index in [1.807, 2.05) is 0 Å². The molecule has 1 heterocycles. The second-order valence-electron chi connectivity index (χ2n) is 4.81. The number of rotatable bonds is 6. The van der Waals surface area contributed by atoms with Crippen molar-refractivity contribution in [2.24, 2.45) is 5.92 Å². The van der Waals surface area contributed by atoms with Crippen LogP contribution in [-0.2, 0) is 14.3 Å².